The lowest BCUT2D eigenvalue weighted by atomic mass is 9.93. The number of nitrogens with one attached hydrogen (secondary N) is 1. The first-order chi connectivity index (χ1) is 10.1. The second kappa shape index (κ2) is 6.07. The molecule has 5 heteroatoms. The molecule has 2 aromatic rings. The summed E-state index contributed by atoms with van der Waals surface area (Å²) in [7, 11) is 1.67. The molecule has 2 aromatic carbocycles. The van der Waals surface area contributed by atoms with Crippen molar-refractivity contribution in [3.63, 3.8) is 0 Å². The average Bonchev–Trinajstić information content (AvgIpc) is 2.50. The highest BCUT2D eigenvalue weighted by Crippen LogP contribution is 2.45. The van der Waals surface area contributed by atoms with Crippen molar-refractivity contribution in [3.05, 3.63) is 56.0 Å². The van der Waals surface area contributed by atoms with Crippen LogP contribution in [0.15, 0.2) is 34.8 Å². The summed E-state index contributed by atoms with van der Waals surface area (Å²) in [5, 5.41) is 5.04. The molecule has 0 aromatic heterocycles. The normalized spacial score (nSPS) is 17.0. The fourth-order valence-electron chi connectivity index (χ4n) is 2.72. The van der Waals surface area contributed by atoms with E-state index in [4.69, 9.17) is 27.9 Å². The molecule has 21 heavy (non-hydrogen) atoms. The van der Waals surface area contributed by atoms with E-state index in [2.05, 4.69) is 27.3 Å². The number of fused-ring (bicyclic) bond motifs is 1. The molecule has 0 fully saturated rings. The number of rotatable bonds is 2. The van der Waals surface area contributed by atoms with Crippen molar-refractivity contribution in [1.29, 1.82) is 0 Å². The minimum Gasteiger partial charge on any atom is -0.495 e. The van der Waals surface area contributed by atoms with Crippen molar-refractivity contribution < 1.29 is 4.74 Å². The van der Waals surface area contributed by atoms with Gasteiger partial charge in [0.25, 0.3) is 0 Å². The average molecular weight is 387 g/mol. The van der Waals surface area contributed by atoms with Crippen LogP contribution in [-0.2, 0) is 6.42 Å². The Kier molecular flexibility index (Phi) is 4.34. The van der Waals surface area contributed by atoms with Crippen molar-refractivity contribution in [2.45, 2.75) is 18.9 Å². The second-order valence-electron chi connectivity index (χ2n) is 5.02. The number of ether oxygens (including phenoxy) is 1. The molecule has 0 aliphatic carbocycles. The fraction of sp³-hybridized carbons (Fsp3) is 0.250. The molecule has 0 amide bonds. The topological polar surface area (TPSA) is 21.3 Å². The van der Waals surface area contributed by atoms with Crippen LogP contribution in [0.1, 0.15) is 23.6 Å². The maximum absolute atomic E-state index is 6.40. The molecule has 0 bridgehead atoms. The molecule has 0 radical (unpaired) electrons. The van der Waals surface area contributed by atoms with Gasteiger partial charge in [-0.1, -0.05) is 35.3 Å². The number of halogens is 3. The third kappa shape index (κ3) is 2.87. The zero-order valence-corrected chi connectivity index (χ0v) is 14.5. The Balaban J connectivity index is 2.00. The van der Waals surface area contributed by atoms with Crippen LogP contribution in [0.4, 0.5) is 5.69 Å². The first-order valence-corrected chi connectivity index (χ1v) is 8.22. The zero-order chi connectivity index (χ0) is 15.0. The smallest absolute Gasteiger partial charge is 0.143 e. The molecular weight excluding hydrogens is 373 g/mol. The van der Waals surface area contributed by atoms with E-state index in [-0.39, 0.29) is 6.04 Å². The summed E-state index contributed by atoms with van der Waals surface area (Å²) in [4.78, 5) is 0. The Bertz CT molecular complexity index is 690. The maximum atomic E-state index is 6.40. The Morgan fingerprint density at radius 3 is 2.81 bits per heavy atom. The highest BCUT2D eigenvalue weighted by molar-refractivity contribution is 9.10. The van der Waals surface area contributed by atoms with Gasteiger partial charge in [-0.15, -0.1) is 0 Å². The molecule has 0 saturated carbocycles. The summed E-state index contributed by atoms with van der Waals surface area (Å²) in [6.45, 7) is 0. The van der Waals surface area contributed by atoms with Gasteiger partial charge in [-0.3, -0.25) is 0 Å². The van der Waals surface area contributed by atoms with Crippen LogP contribution in [0.3, 0.4) is 0 Å². The highest BCUT2D eigenvalue weighted by atomic mass is 79.9. The number of anilines is 1. The number of hydrogen-bond acceptors (Lipinski definition) is 2. The second-order valence-corrected chi connectivity index (χ2v) is 6.69. The predicted molar refractivity (Wildman–Crippen MR) is 91.8 cm³/mol. The molecule has 1 aliphatic heterocycles. The van der Waals surface area contributed by atoms with Gasteiger partial charge in [0.1, 0.15) is 5.75 Å². The molecule has 1 unspecified atom stereocenters. The SMILES string of the molecule is COc1cc(Br)c(Cl)c2c1NC(c1cccc(Cl)c1)CC2. The summed E-state index contributed by atoms with van der Waals surface area (Å²) in [6.07, 6.45) is 1.86. The molecule has 1 aliphatic rings. The van der Waals surface area contributed by atoms with E-state index in [1.165, 1.54) is 5.56 Å². The first-order valence-electron chi connectivity index (χ1n) is 6.67. The number of benzene rings is 2. The van der Waals surface area contributed by atoms with Crippen molar-refractivity contribution in [1.82, 2.24) is 0 Å². The van der Waals surface area contributed by atoms with E-state index in [0.717, 1.165) is 44.4 Å². The molecule has 2 nitrogen and oxygen atoms in total. The van der Waals surface area contributed by atoms with Gasteiger partial charge in [0.05, 0.1) is 23.9 Å². The molecule has 3 rings (SSSR count). The third-order valence-electron chi connectivity index (χ3n) is 3.75. The Morgan fingerprint density at radius 2 is 2.10 bits per heavy atom. The molecule has 0 saturated heterocycles. The van der Waals surface area contributed by atoms with Crippen LogP contribution in [0.5, 0.6) is 5.75 Å². The van der Waals surface area contributed by atoms with Crippen molar-refractivity contribution in [2.75, 3.05) is 12.4 Å². The predicted octanol–water partition coefficient (Wildman–Crippen LogP) is 5.86. The standard InChI is InChI=1S/C16H14BrCl2NO/c1-21-14-8-12(17)15(19)11-5-6-13(20-16(11)14)9-3-2-4-10(18)7-9/h2-4,7-8,13,20H,5-6H2,1H3. The van der Waals surface area contributed by atoms with E-state index in [1.54, 1.807) is 7.11 Å². The Hall–Kier alpha value is -0.900. The van der Waals surface area contributed by atoms with Crippen LogP contribution < -0.4 is 10.1 Å². The summed E-state index contributed by atoms with van der Waals surface area (Å²) >= 11 is 16.0. The van der Waals surface area contributed by atoms with E-state index in [0.29, 0.717) is 0 Å². The maximum Gasteiger partial charge on any atom is 0.143 e. The van der Waals surface area contributed by atoms with Gasteiger partial charge in [0.2, 0.25) is 0 Å². The zero-order valence-electron chi connectivity index (χ0n) is 11.4. The number of hydrogen-bond donors (Lipinski definition) is 1. The summed E-state index contributed by atoms with van der Waals surface area (Å²) in [6, 6.07) is 10.0. The van der Waals surface area contributed by atoms with Crippen molar-refractivity contribution in [3.8, 4) is 5.75 Å². The molecule has 1 heterocycles. The fourth-order valence-corrected chi connectivity index (χ4v) is 3.61. The van der Waals surface area contributed by atoms with Crippen LogP contribution in [0, 0.1) is 0 Å². The van der Waals surface area contributed by atoms with E-state index < -0.39 is 0 Å². The van der Waals surface area contributed by atoms with Gasteiger partial charge in [0, 0.05) is 9.50 Å². The summed E-state index contributed by atoms with van der Waals surface area (Å²) < 4.78 is 6.34. The molecule has 1 N–H and O–H groups in total. The molecular formula is C16H14BrCl2NO. The quantitative estimate of drug-likeness (QED) is 0.697. The van der Waals surface area contributed by atoms with Crippen LogP contribution in [-0.4, -0.2) is 7.11 Å². The van der Waals surface area contributed by atoms with E-state index in [1.807, 2.05) is 24.3 Å². The largest absolute Gasteiger partial charge is 0.495 e. The minimum absolute atomic E-state index is 0.211. The van der Waals surface area contributed by atoms with Crippen LogP contribution in [0.2, 0.25) is 10.0 Å². The van der Waals surface area contributed by atoms with Crippen LogP contribution in [0.25, 0.3) is 0 Å². The van der Waals surface area contributed by atoms with Crippen molar-refractivity contribution >= 4 is 44.8 Å². The lowest BCUT2D eigenvalue weighted by Crippen LogP contribution is -2.19. The Morgan fingerprint density at radius 1 is 1.29 bits per heavy atom. The van der Waals surface area contributed by atoms with Crippen molar-refractivity contribution in [2.24, 2.45) is 0 Å². The minimum atomic E-state index is 0.211. The Labute approximate surface area is 142 Å². The molecule has 110 valence electrons. The van der Waals surface area contributed by atoms with Gasteiger partial charge in [-0.25, -0.2) is 0 Å². The first kappa shape index (κ1) is 15.0. The van der Waals surface area contributed by atoms with E-state index >= 15 is 0 Å². The summed E-state index contributed by atoms with van der Waals surface area (Å²) in [5.74, 6) is 0.799. The lowest BCUT2D eigenvalue weighted by Gasteiger charge is -2.30. The van der Waals surface area contributed by atoms with E-state index in [9.17, 15) is 0 Å². The molecule has 0 spiro atoms. The van der Waals surface area contributed by atoms with Gasteiger partial charge in [-0.2, -0.15) is 0 Å². The highest BCUT2D eigenvalue weighted by Gasteiger charge is 2.25. The monoisotopic (exact) mass is 385 g/mol. The lowest BCUT2D eigenvalue weighted by molar-refractivity contribution is 0.414. The van der Waals surface area contributed by atoms with Gasteiger partial charge in [-0.05, 0) is 58.1 Å². The molecule has 1 atom stereocenters. The summed E-state index contributed by atoms with van der Waals surface area (Å²) in [5.41, 5.74) is 3.25. The number of methoxy groups -OCH3 is 1. The van der Waals surface area contributed by atoms with Gasteiger partial charge < -0.3 is 10.1 Å². The van der Waals surface area contributed by atoms with Gasteiger partial charge in [0.15, 0.2) is 0 Å². The van der Waals surface area contributed by atoms with Gasteiger partial charge >= 0.3 is 0 Å². The third-order valence-corrected chi connectivity index (χ3v) is 5.27. The van der Waals surface area contributed by atoms with Crippen LogP contribution >= 0.6 is 39.1 Å².